The van der Waals surface area contributed by atoms with Crippen molar-refractivity contribution in [3.05, 3.63) is 54.0 Å². The van der Waals surface area contributed by atoms with Crippen LogP contribution in [0.3, 0.4) is 0 Å². The first-order chi connectivity index (χ1) is 10.6. The summed E-state index contributed by atoms with van der Waals surface area (Å²) in [5, 5.41) is 5.50. The maximum Gasteiger partial charge on any atom is 0.222 e. The van der Waals surface area contributed by atoms with E-state index in [1.165, 1.54) is 10.9 Å². The van der Waals surface area contributed by atoms with E-state index in [1.54, 1.807) is 9.58 Å². The largest absolute Gasteiger partial charge is 0.361 e. The second kappa shape index (κ2) is 6.05. The maximum absolute atomic E-state index is 12.3. The van der Waals surface area contributed by atoms with Crippen LogP contribution in [0.2, 0.25) is 0 Å². The number of carbonyl (C=O) groups excluding carboxylic acids is 1. The SMILES string of the molecule is CN(Cc1ccn(C)n1)C(=O)CCc1c[nH]c2ccccc12. The number of aromatic amines is 1. The second-order valence-electron chi connectivity index (χ2n) is 5.59. The summed E-state index contributed by atoms with van der Waals surface area (Å²) in [7, 11) is 3.70. The third kappa shape index (κ3) is 3.03. The Morgan fingerprint density at radius 3 is 2.91 bits per heavy atom. The Bertz CT molecular complexity index is 787. The van der Waals surface area contributed by atoms with Gasteiger partial charge in [0.05, 0.1) is 12.2 Å². The summed E-state index contributed by atoms with van der Waals surface area (Å²) < 4.78 is 1.75. The minimum absolute atomic E-state index is 0.135. The number of benzene rings is 1. The Morgan fingerprint density at radius 2 is 2.14 bits per heavy atom. The maximum atomic E-state index is 12.3. The number of nitrogens with zero attached hydrogens (tertiary/aromatic N) is 3. The van der Waals surface area contributed by atoms with Crippen molar-refractivity contribution in [1.29, 1.82) is 0 Å². The zero-order valence-corrected chi connectivity index (χ0v) is 12.9. The average Bonchev–Trinajstić information content (AvgIpc) is 3.11. The van der Waals surface area contributed by atoms with Gasteiger partial charge in [-0.05, 0) is 24.1 Å². The molecule has 22 heavy (non-hydrogen) atoms. The fourth-order valence-electron chi connectivity index (χ4n) is 2.65. The molecular formula is C17H20N4O. The number of amides is 1. The minimum atomic E-state index is 0.135. The number of carbonyl (C=O) groups is 1. The van der Waals surface area contributed by atoms with Gasteiger partial charge >= 0.3 is 0 Å². The molecule has 0 aliphatic carbocycles. The average molecular weight is 296 g/mol. The molecule has 2 aromatic heterocycles. The summed E-state index contributed by atoms with van der Waals surface area (Å²) in [5.41, 5.74) is 3.22. The van der Waals surface area contributed by atoms with Gasteiger partial charge in [-0.2, -0.15) is 5.10 Å². The van der Waals surface area contributed by atoms with Gasteiger partial charge in [-0.25, -0.2) is 0 Å². The number of rotatable bonds is 5. The molecule has 0 spiro atoms. The van der Waals surface area contributed by atoms with Crippen LogP contribution in [0.4, 0.5) is 0 Å². The molecule has 0 aliphatic rings. The van der Waals surface area contributed by atoms with E-state index in [9.17, 15) is 4.79 Å². The van der Waals surface area contributed by atoms with Gasteiger partial charge in [0.25, 0.3) is 0 Å². The number of hydrogen-bond acceptors (Lipinski definition) is 2. The lowest BCUT2D eigenvalue weighted by Gasteiger charge is -2.15. The monoisotopic (exact) mass is 296 g/mol. The predicted octanol–water partition coefficient (Wildman–Crippen LogP) is 2.49. The third-order valence-electron chi connectivity index (χ3n) is 3.88. The molecule has 0 saturated carbocycles. The van der Waals surface area contributed by atoms with Crippen LogP contribution in [0.25, 0.3) is 10.9 Å². The minimum Gasteiger partial charge on any atom is -0.361 e. The van der Waals surface area contributed by atoms with E-state index >= 15 is 0 Å². The molecule has 1 amide bonds. The number of fused-ring (bicyclic) bond motifs is 1. The highest BCUT2D eigenvalue weighted by Crippen LogP contribution is 2.19. The highest BCUT2D eigenvalue weighted by Gasteiger charge is 2.12. The zero-order valence-electron chi connectivity index (χ0n) is 12.9. The van der Waals surface area contributed by atoms with E-state index in [-0.39, 0.29) is 5.91 Å². The van der Waals surface area contributed by atoms with Crippen molar-refractivity contribution in [2.75, 3.05) is 7.05 Å². The molecular weight excluding hydrogens is 276 g/mol. The van der Waals surface area contributed by atoms with E-state index in [0.717, 1.165) is 17.6 Å². The molecule has 114 valence electrons. The molecule has 0 unspecified atom stereocenters. The molecule has 2 heterocycles. The van der Waals surface area contributed by atoms with Crippen LogP contribution in [0.1, 0.15) is 17.7 Å². The molecule has 3 rings (SSSR count). The predicted molar refractivity (Wildman–Crippen MR) is 86.3 cm³/mol. The first-order valence-corrected chi connectivity index (χ1v) is 7.41. The van der Waals surface area contributed by atoms with Crippen LogP contribution in [-0.4, -0.2) is 32.6 Å². The summed E-state index contributed by atoms with van der Waals surface area (Å²) in [5.74, 6) is 0.135. The van der Waals surface area contributed by atoms with Crippen molar-refractivity contribution in [3.63, 3.8) is 0 Å². The number of aryl methyl sites for hydroxylation is 2. The molecule has 5 heteroatoms. The first kappa shape index (κ1) is 14.4. The van der Waals surface area contributed by atoms with Gasteiger partial charge in [0.2, 0.25) is 5.91 Å². The van der Waals surface area contributed by atoms with Gasteiger partial charge in [0.1, 0.15) is 0 Å². The Kier molecular flexibility index (Phi) is 3.96. The lowest BCUT2D eigenvalue weighted by Crippen LogP contribution is -2.26. The van der Waals surface area contributed by atoms with Crippen molar-refractivity contribution < 1.29 is 4.79 Å². The fourth-order valence-corrected chi connectivity index (χ4v) is 2.65. The molecule has 0 atom stereocenters. The topological polar surface area (TPSA) is 53.9 Å². The van der Waals surface area contributed by atoms with Crippen molar-refractivity contribution in [1.82, 2.24) is 19.7 Å². The fraction of sp³-hybridized carbons (Fsp3) is 0.294. The van der Waals surface area contributed by atoms with E-state index in [4.69, 9.17) is 0 Å². The van der Waals surface area contributed by atoms with Crippen LogP contribution in [0.5, 0.6) is 0 Å². The lowest BCUT2D eigenvalue weighted by atomic mass is 10.1. The molecule has 0 bridgehead atoms. The number of para-hydroxylation sites is 1. The number of H-pyrrole nitrogens is 1. The van der Waals surface area contributed by atoms with Crippen molar-refractivity contribution in [2.24, 2.45) is 7.05 Å². The molecule has 0 saturated heterocycles. The zero-order chi connectivity index (χ0) is 15.5. The highest BCUT2D eigenvalue weighted by molar-refractivity contribution is 5.84. The van der Waals surface area contributed by atoms with Gasteiger partial charge < -0.3 is 9.88 Å². The van der Waals surface area contributed by atoms with Gasteiger partial charge in [0.15, 0.2) is 0 Å². The first-order valence-electron chi connectivity index (χ1n) is 7.41. The Balaban J connectivity index is 1.59. The summed E-state index contributed by atoms with van der Waals surface area (Å²) in [4.78, 5) is 17.2. The van der Waals surface area contributed by atoms with Crippen LogP contribution in [0, 0.1) is 0 Å². The summed E-state index contributed by atoms with van der Waals surface area (Å²) in [6.45, 7) is 0.549. The summed E-state index contributed by atoms with van der Waals surface area (Å²) >= 11 is 0. The second-order valence-corrected chi connectivity index (χ2v) is 5.59. The van der Waals surface area contributed by atoms with E-state index in [1.807, 2.05) is 50.8 Å². The Labute approximate surface area is 129 Å². The summed E-state index contributed by atoms with van der Waals surface area (Å²) in [6.07, 6.45) is 5.14. The van der Waals surface area contributed by atoms with Crippen LogP contribution < -0.4 is 0 Å². The van der Waals surface area contributed by atoms with E-state index < -0.39 is 0 Å². The van der Waals surface area contributed by atoms with E-state index in [0.29, 0.717) is 13.0 Å². The standard InChI is InChI=1S/C17H20N4O/c1-20(12-14-9-10-21(2)19-14)17(22)8-7-13-11-18-16-6-4-3-5-15(13)16/h3-6,9-11,18H,7-8,12H2,1-2H3. The van der Waals surface area contributed by atoms with Crippen LogP contribution in [-0.2, 0) is 24.8 Å². The quantitative estimate of drug-likeness (QED) is 0.786. The third-order valence-corrected chi connectivity index (χ3v) is 3.88. The van der Waals surface area contributed by atoms with Crippen LogP contribution >= 0.6 is 0 Å². The molecule has 1 aromatic carbocycles. The summed E-state index contributed by atoms with van der Waals surface area (Å²) in [6, 6.07) is 10.1. The molecule has 0 radical (unpaired) electrons. The molecule has 0 aliphatic heterocycles. The van der Waals surface area contributed by atoms with Gasteiger partial charge in [-0.3, -0.25) is 9.48 Å². The molecule has 1 N–H and O–H groups in total. The van der Waals surface area contributed by atoms with E-state index in [2.05, 4.69) is 16.1 Å². The molecule has 5 nitrogen and oxygen atoms in total. The Morgan fingerprint density at radius 1 is 1.32 bits per heavy atom. The molecule has 3 aromatic rings. The Hall–Kier alpha value is -2.56. The normalized spacial score (nSPS) is 11.0. The van der Waals surface area contributed by atoms with Crippen LogP contribution in [0.15, 0.2) is 42.7 Å². The van der Waals surface area contributed by atoms with Gasteiger partial charge in [-0.15, -0.1) is 0 Å². The molecule has 0 fully saturated rings. The highest BCUT2D eigenvalue weighted by atomic mass is 16.2. The van der Waals surface area contributed by atoms with Crippen molar-refractivity contribution in [2.45, 2.75) is 19.4 Å². The van der Waals surface area contributed by atoms with Crippen molar-refractivity contribution in [3.8, 4) is 0 Å². The number of aromatic nitrogens is 3. The number of hydrogen-bond donors (Lipinski definition) is 1. The van der Waals surface area contributed by atoms with Gasteiger partial charge in [-0.1, -0.05) is 18.2 Å². The van der Waals surface area contributed by atoms with Crippen molar-refractivity contribution >= 4 is 16.8 Å². The van der Waals surface area contributed by atoms with Gasteiger partial charge in [0, 0.05) is 43.8 Å². The lowest BCUT2D eigenvalue weighted by molar-refractivity contribution is -0.130. The smallest absolute Gasteiger partial charge is 0.222 e. The number of nitrogens with one attached hydrogen (secondary N) is 1.